The van der Waals surface area contributed by atoms with Gasteiger partial charge in [0.1, 0.15) is 4.88 Å². The molecule has 1 aliphatic rings. The van der Waals surface area contributed by atoms with Crippen molar-refractivity contribution in [3.8, 4) is 0 Å². The molecular formula is C15H17BrN2O2S. The van der Waals surface area contributed by atoms with E-state index in [1.807, 2.05) is 18.2 Å². The summed E-state index contributed by atoms with van der Waals surface area (Å²) in [6.45, 7) is 2.32. The minimum Gasteiger partial charge on any atom is -0.397 e. The van der Waals surface area contributed by atoms with Gasteiger partial charge in [0, 0.05) is 34.3 Å². The van der Waals surface area contributed by atoms with Gasteiger partial charge in [0.2, 0.25) is 0 Å². The van der Waals surface area contributed by atoms with Crippen LogP contribution in [0.4, 0.5) is 5.69 Å². The van der Waals surface area contributed by atoms with Gasteiger partial charge in [0.25, 0.3) is 5.91 Å². The molecule has 1 aliphatic heterocycles. The quantitative estimate of drug-likeness (QED) is 0.868. The van der Waals surface area contributed by atoms with Crippen LogP contribution in [0.1, 0.15) is 22.5 Å². The van der Waals surface area contributed by atoms with Gasteiger partial charge in [-0.2, -0.15) is 0 Å². The number of benzene rings is 1. The molecule has 1 aromatic heterocycles. The molecule has 1 saturated heterocycles. The molecule has 4 nitrogen and oxygen atoms in total. The molecule has 21 heavy (non-hydrogen) atoms. The number of anilines is 1. The van der Waals surface area contributed by atoms with Crippen molar-refractivity contribution in [2.75, 3.05) is 25.5 Å². The summed E-state index contributed by atoms with van der Waals surface area (Å²) in [5.41, 5.74) is 6.69. The van der Waals surface area contributed by atoms with Gasteiger partial charge in [0.05, 0.1) is 5.69 Å². The molecule has 1 unspecified atom stereocenters. The minimum absolute atomic E-state index is 0.0838. The summed E-state index contributed by atoms with van der Waals surface area (Å²) in [5, 5.41) is 3.90. The first-order valence-electron chi connectivity index (χ1n) is 6.99. The molecule has 0 spiro atoms. The Morgan fingerprint density at radius 1 is 1.52 bits per heavy atom. The molecule has 2 heterocycles. The lowest BCUT2D eigenvalue weighted by molar-refractivity contribution is 0.0955. The SMILES string of the molecule is Nc1c(C(=O)NCCC2CCOC2)sc2cccc(Br)c12. The van der Waals surface area contributed by atoms with Crippen LogP contribution in [0.2, 0.25) is 0 Å². The van der Waals surface area contributed by atoms with E-state index >= 15 is 0 Å². The van der Waals surface area contributed by atoms with Gasteiger partial charge < -0.3 is 15.8 Å². The zero-order chi connectivity index (χ0) is 14.8. The van der Waals surface area contributed by atoms with Crippen molar-refractivity contribution in [2.24, 2.45) is 5.92 Å². The number of thiophene rings is 1. The molecule has 0 radical (unpaired) electrons. The first-order valence-corrected chi connectivity index (χ1v) is 8.60. The number of nitrogens with two attached hydrogens (primary N) is 1. The van der Waals surface area contributed by atoms with Crippen LogP contribution in [-0.4, -0.2) is 25.7 Å². The summed E-state index contributed by atoms with van der Waals surface area (Å²) in [6.07, 6.45) is 2.05. The van der Waals surface area contributed by atoms with Gasteiger partial charge in [0.15, 0.2) is 0 Å². The zero-order valence-electron chi connectivity index (χ0n) is 11.5. The maximum atomic E-state index is 12.3. The second-order valence-electron chi connectivity index (χ2n) is 5.23. The van der Waals surface area contributed by atoms with Crippen molar-refractivity contribution in [1.82, 2.24) is 5.32 Å². The van der Waals surface area contributed by atoms with E-state index in [1.54, 1.807) is 0 Å². The normalized spacial score (nSPS) is 18.2. The van der Waals surface area contributed by atoms with Gasteiger partial charge >= 0.3 is 0 Å². The number of nitrogen functional groups attached to an aromatic ring is 1. The number of rotatable bonds is 4. The van der Waals surface area contributed by atoms with Gasteiger partial charge in [-0.3, -0.25) is 4.79 Å². The summed E-state index contributed by atoms with van der Waals surface area (Å²) in [6, 6.07) is 5.87. The molecule has 0 saturated carbocycles. The number of hydrogen-bond acceptors (Lipinski definition) is 4. The Balaban J connectivity index is 1.69. The van der Waals surface area contributed by atoms with Gasteiger partial charge in [-0.05, 0) is 30.9 Å². The predicted molar refractivity (Wildman–Crippen MR) is 89.8 cm³/mol. The Kier molecular flexibility index (Phi) is 4.47. The molecule has 1 aromatic carbocycles. The first-order chi connectivity index (χ1) is 10.2. The van der Waals surface area contributed by atoms with Crippen LogP contribution in [0.5, 0.6) is 0 Å². The summed E-state index contributed by atoms with van der Waals surface area (Å²) < 4.78 is 7.29. The minimum atomic E-state index is -0.0838. The highest BCUT2D eigenvalue weighted by Crippen LogP contribution is 2.38. The van der Waals surface area contributed by atoms with E-state index in [2.05, 4.69) is 21.2 Å². The highest BCUT2D eigenvalue weighted by Gasteiger charge is 2.19. The molecule has 6 heteroatoms. The fraction of sp³-hybridized carbons (Fsp3) is 0.400. The van der Waals surface area contributed by atoms with Crippen LogP contribution in [0.3, 0.4) is 0 Å². The van der Waals surface area contributed by atoms with Crippen molar-refractivity contribution in [2.45, 2.75) is 12.8 Å². The van der Waals surface area contributed by atoms with Crippen molar-refractivity contribution in [3.63, 3.8) is 0 Å². The van der Waals surface area contributed by atoms with Crippen molar-refractivity contribution >= 4 is 48.9 Å². The Morgan fingerprint density at radius 2 is 2.38 bits per heavy atom. The Bertz CT molecular complexity index is 665. The molecule has 2 aromatic rings. The van der Waals surface area contributed by atoms with Crippen molar-refractivity contribution < 1.29 is 9.53 Å². The number of ether oxygens (including phenoxy) is 1. The van der Waals surface area contributed by atoms with Crippen LogP contribution in [0.25, 0.3) is 10.1 Å². The first kappa shape index (κ1) is 14.8. The molecule has 3 N–H and O–H groups in total. The third-order valence-corrected chi connectivity index (χ3v) is 5.60. The van der Waals surface area contributed by atoms with E-state index in [9.17, 15) is 4.79 Å². The maximum absolute atomic E-state index is 12.3. The molecule has 3 rings (SSSR count). The number of hydrogen-bond donors (Lipinski definition) is 2. The van der Waals surface area contributed by atoms with Crippen LogP contribution in [0, 0.1) is 5.92 Å². The summed E-state index contributed by atoms with van der Waals surface area (Å²) in [7, 11) is 0. The maximum Gasteiger partial charge on any atom is 0.263 e. The van der Waals surface area contributed by atoms with Crippen LogP contribution < -0.4 is 11.1 Å². The highest BCUT2D eigenvalue weighted by atomic mass is 79.9. The van der Waals surface area contributed by atoms with Gasteiger partial charge in [-0.1, -0.05) is 22.0 Å². The number of halogens is 1. The lowest BCUT2D eigenvalue weighted by Crippen LogP contribution is -2.25. The Morgan fingerprint density at radius 3 is 3.10 bits per heavy atom. The lowest BCUT2D eigenvalue weighted by Gasteiger charge is -2.08. The van der Waals surface area contributed by atoms with E-state index in [4.69, 9.17) is 10.5 Å². The molecule has 0 aliphatic carbocycles. The van der Waals surface area contributed by atoms with Crippen LogP contribution in [-0.2, 0) is 4.74 Å². The number of fused-ring (bicyclic) bond motifs is 1. The predicted octanol–water partition coefficient (Wildman–Crippen LogP) is 3.40. The van der Waals surface area contributed by atoms with E-state index in [0.717, 1.165) is 40.6 Å². The monoisotopic (exact) mass is 368 g/mol. The number of amides is 1. The molecule has 0 bridgehead atoms. The fourth-order valence-corrected chi connectivity index (χ4v) is 4.36. The highest BCUT2D eigenvalue weighted by molar-refractivity contribution is 9.10. The van der Waals surface area contributed by atoms with E-state index < -0.39 is 0 Å². The molecular weight excluding hydrogens is 352 g/mol. The topological polar surface area (TPSA) is 64.4 Å². The zero-order valence-corrected chi connectivity index (χ0v) is 13.9. The second-order valence-corrected chi connectivity index (χ2v) is 7.14. The number of carbonyl (C=O) groups excluding carboxylic acids is 1. The van der Waals surface area contributed by atoms with Crippen molar-refractivity contribution in [1.29, 1.82) is 0 Å². The number of nitrogens with one attached hydrogen (secondary N) is 1. The fourth-order valence-electron chi connectivity index (χ4n) is 2.58. The third kappa shape index (κ3) is 3.07. The van der Waals surface area contributed by atoms with Gasteiger partial charge in [-0.25, -0.2) is 0 Å². The second kappa shape index (κ2) is 6.34. The number of carbonyl (C=O) groups is 1. The van der Waals surface area contributed by atoms with Crippen LogP contribution in [0.15, 0.2) is 22.7 Å². The molecule has 112 valence electrons. The average molecular weight is 369 g/mol. The molecule has 1 atom stereocenters. The molecule has 1 fully saturated rings. The summed E-state index contributed by atoms with van der Waals surface area (Å²) >= 11 is 4.93. The average Bonchev–Trinajstić information content (AvgIpc) is 3.08. The van der Waals surface area contributed by atoms with E-state index in [-0.39, 0.29) is 5.91 Å². The third-order valence-electron chi connectivity index (χ3n) is 3.77. The van der Waals surface area contributed by atoms with Crippen LogP contribution >= 0.6 is 27.3 Å². The Hall–Kier alpha value is -1.11. The summed E-state index contributed by atoms with van der Waals surface area (Å²) in [4.78, 5) is 12.9. The lowest BCUT2D eigenvalue weighted by atomic mass is 10.1. The van der Waals surface area contributed by atoms with Crippen molar-refractivity contribution in [3.05, 3.63) is 27.5 Å². The smallest absolute Gasteiger partial charge is 0.263 e. The summed E-state index contributed by atoms with van der Waals surface area (Å²) in [5.74, 6) is 0.485. The Labute approximate surface area is 135 Å². The molecule has 1 amide bonds. The largest absolute Gasteiger partial charge is 0.397 e. The van der Waals surface area contributed by atoms with Gasteiger partial charge in [-0.15, -0.1) is 11.3 Å². The van der Waals surface area contributed by atoms with E-state index in [0.29, 0.717) is 23.0 Å². The standard InChI is InChI=1S/C15H17BrN2O2S/c16-10-2-1-3-11-12(10)13(17)14(21-11)15(19)18-6-4-9-5-7-20-8-9/h1-3,9H,4-8,17H2,(H,18,19). The van der Waals surface area contributed by atoms with E-state index in [1.165, 1.54) is 11.3 Å².